The maximum atomic E-state index is 11.6. The van der Waals surface area contributed by atoms with Gasteiger partial charge in [0.25, 0.3) is 0 Å². The van der Waals surface area contributed by atoms with Gasteiger partial charge in [-0.1, -0.05) is 13.8 Å². The van der Waals surface area contributed by atoms with Crippen LogP contribution in [0.2, 0.25) is 0 Å². The Morgan fingerprint density at radius 3 is 2.47 bits per heavy atom. The van der Waals surface area contributed by atoms with Gasteiger partial charge in [0.05, 0.1) is 19.1 Å². The molecule has 0 N–H and O–H groups in total. The van der Waals surface area contributed by atoms with E-state index in [0.717, 1.165) is 6.42 Å². The first-order valence-electron chi connectivity index (χ1n) is 5.30. The Morgan fingerprint density at radius 2 is 2.07 bits per heavy atom. The summed E-state index contributed by atoms with van der Waals surface area (Å²) >= 11 is 0. The Morgan fingerprint density at radius 1 is 1.40 bits per heavy atom. The molecule has 15 heavy (non-hydrogen) atoms. The normalized spacial score (nSPS) is 34.5. The average molecular weight is 211 g/mol. The van der Waals surface area contributed by atoms with Gasteiger partial charge in [-0.2, -0.15) is 0 Å². The molecule has 2 aliphatic rings. The minimum atomic E-state index is -0.0327. The molecule has 1 heterocycles. The van der Waals surface area contributed by atoms with Crippen LogP contribution < -0.4 is 0 Å². The fourth-order valence-electron chi connectivity index (χ4n) is 2.68. The minimum absolute atomic E-state index is 0.0207. The third-order valence-electron chi connectivity index (χ3n) is 3.80. The molecule has 2 atom stereocenters. The summed E-state index contributed by atoms with van der Waals surface area (Å²) in [5, 5.41) is 0. The molecular weight excluding hydrogens is 194 g/mol. The Balaban J connectivity index is 2.08. The number of likely N-dealkylation sites (tertiary alicyclic amines) is 1. The highest BCUT2D eigenvalue weighted by atomic mass is 16.5. The molecule has 1 aliphatic heterocycles. The maximum Gasteiger partial charge on any atom is 0.230 e. The molecule has 1 aliphatic carbocycles. The van der Waals surface area contributed by atoms with Crippen molar-refractivity contribution in [2.75, 3.05) is 13.7 Å². The van der Waals surface area contributed by atoms with Crippen molar-refractivity contribution < 1.29 is 14.3 Å². The van der Waals surface area contributed by atoms with Gasteiger partial charge >= 0.3 is 0 Å². The third kappa shape index (κ3) is 1.47. The summed E-state index contributed by atoms with van der Waals surface area (Å²) in [5.41, 5.74) is -0.0327. The molecule has 2 rings (SSSR count). The van der Waals surface area contributed by atoms with Gasteiger partial charge in [0, 0.05) is 18.6 Å². The summed E-state index contributed by atoms with van der Waals surface area (Å²) in [6.07, 6.45) is 1.14. The fraction of sp³-hybridized carbons (Fsp3) is 0.818. The SMILES string of the molecule is COC1CC(N2CC(=O)CC2=O)C1(C)C. The van der Waals surface area contributed by atoms with Crippen molar-refractivity contribution in [1.82, 2.24) is 4.90 Å². The molecule has 1 saturated carbocycles. The summed E-state index contributed by atoms with van der Waals surface area (Å²) in [6, 6.07) is 0.168. The number of methoxy groups -OCH3 is 1. The van der Waals surface area contributed by atoms with E-state index in [1.165, 1.54) is 0 Å². The lowest BCUT2D eigenvalue weighted by Crippen LogP contribution is -2.62. The summed E-state index contributed by atoms with van der Waals surface area (Å²) in [7, 11) is 1.69. The highest BCUT2D eigenvalue weighted by Gasteiger charge is 2.53. The summed E-state index contributed by atoms with van der Waals surface area (Å²) in [6.45, 7) is 4.47. The van der Waals surface area contributed by atoms with Gasteiger partial charge in [-0.15, -0.1) is 0 Å². The quantitative estimate of drug-likeness (QED) is 0.628. The van der Waals surface area contributed by atoms with Crippen molar-refractivity contribution in [1.29, 1.82) is 0 Å². The number of Topliss-reactive ketones (excluding diaryl/α,β-unsaturated/α-hetero) is 1. The van der Waals surface area contributed by atoms with E-state index in [-0.39, 0.29) is 35.7 Å². The molecule has 1 saturated heterocycles. The number of nitrogens with zero attached hydrogens (tertiary/aromatic N) is 1. The van der Waals surface area contributed by atoms with E-state index < -0.39 is 0 Å². The van der Waals surface area contributed by atoms with Gasteiger partial charge in [0.1, 0.15) is 0 Å². The average Bonchev–Trinajstić information content (AvgIpc) is 2.45. The van der Waals surface area contributed by atoms with Crippen LogP contribution in [0, 0.1) is 5.41 Å². The van der Waals surface area contributed by atoms with Gasteiger partial charge < -0.3 is 9.64 Å². The lowest BCUT2D eigenvalue weighted by atomic mass is 9.64. The van der Waals surface area contributed by atoms with Crippen molar-refractivity contribution in [3.63, 3.8) is 0 Å². The van der Waals surface area contributed by atoms with E-state index >= 15 is 0 Å². The van der Waals surface area contributed by atoms with Crippen LogP contribution in [0.1, 0.15) is 26.7 Å². The molecule has 0 aromatic rings. The first kappa shape index (κ1) is 10.6. The zero-order chi connectivity index (χ0) is 11.2. The number of carbonyl (C=O) groups excluding carboxylic acids is 2. The topological polar surface area (TPSA) is 46.6 Å². The van der Waals surface area contributed by atoms with Crippen LogP contribution in [-0.4, -0.2) is 42.4 Å². The molecule has 0 radical (unpaired) electrons. The molecule has 0 bridgehead atoms. The van der Waals surface area contributed by atoms with E-state index in [9.17, 15) is 9.59 Å². The van der Waals surface area contributed by atoms with Gasteiger partial charge in [-0.05, 0) is 6.42 Å². The number of carbonyl (C=O) groups is 2. The second-order valence-electron chi connectivity index (χ2n) is 5.03. The standard InChI is InChI=1S/C11H17NO3/c1-11(2)8(5-9(11)15-3)12-6-7(13)4-10(12)14/h8-9H,4-6H2,1-3H3. The van der Waals surface area contributed by atoms with Crippen molar-refractivity contribution in [3.8, 4) is 0 Å². The Labute approximate surface area is 89.6 Å². The Kier molecular flexibility index (Phi) is 2.34. The monoisotopic (exact) mass is 211 g/mol. The van der Waals surface area contributed by atoms with Crippen LogP contribution >= 0.6 is 0 Å². The molecule has 2 unspecified atom stereocenters. The first-order chi connectivity index (χ1) is 6.96. The predicted octanol–water partition coefficient (Wildman–Crippen LogP) is 0.601. The maximum absolute atomic E-state index is 11.6. The lowest BCUT2D eigenvalue weighted by Gasteiger charge is -2.54. The number of hydrogen-bond donors (Lipinski definition) is 0. The molecule has 0 aromatic carbocycles. The largest absolute Gasteiger partial charge is 0.381 e. The smallest absolute Gasteiger partial charge is 0.230 e. The number of ether oxygens (including phenoxy) is 1. The molecule has 84 valence electrons. The van der Waals surface area contributed by atoms with Crippen LogP contribution in [0.25, 0.3) is 0 Å². The van der Waals surface area contributed by atoms with Gasteiger partial charge in [0.15, 0.2) is 5.78 Å². The van der Waals surface area contributed by atoms with Crippen LogP contribution in [0.5, 0.6) is 0 Å². The molecule has 0 spiro atoms. The third-order valence-corrected chi connectivity index (χ3v) is 3.80. The summed E-state index contributed by atoms with van der Waals surface area (Å²) in [5.74, 6) is 0.0179. The first-order valence-corrected chi connectivity index (χ1v) is 5.30. The van der Waals surface area contributed by atoms with E-state index in [1.807, 2.05) is 0 Å². The number of rotatable bonds is 2. The van der Waals surface area contributed by atoms with Gasteiger partial charge in [-0.3, -0.25) is 9.59 Å². The number of ketones is 1. The van der Waals surface area contributed by atoms with Crippen molar-refractivity contribution in [2.45, 2.75) is 38.8 Å². The van der Waals surface area contributed by atoms with Crippen molar-refractivity contribution >= 4 is 11.7 Å². The van der Waals surface area contributed by atoms with Gasteiger partial charge in [-0.25, -0.2) is 0 Å². The number of hydrogen-bond acceptors (Lipinski definition) is 3. The Hall–Kier alpha value is -0.900. The highest BCUT2D eigenvalue weighted by molar-refractivity contribution is 6.05. The van der Waals surface area contributed by atoms with Crippen LogP contribution in [0.15, 0.2) is 0 Å². The van der Waals surface area contributed by atoms with Gasteiger partial charge in [0.2, 0.25) is 5.91 Å². The number of amides is 1. The molecule has 1 amide bonds. The zero-order valence-corrected chi connectivity index (χ0v) is 9.45. The second kappa shape index (κ2) is 3.30. The zero-order valence-electron chi connectivity index (χ0n) is 9.45. The summed E-state index contributed by atoms with van der Waals surface area (Å²) < 4.78 is 5.33. The molecule has 2 fully saturated rings. The predicted molar refractivity (Wildman–Crippen MR) is 54.3 cm³/mol. The molecule has 0 aromatic heterocycles. The highest BCUT2D eigenvalue weighted by Crippen LogP contribution is 2.46. The van der Waals surface area contributed by atoms with E-state index in [0.29, 0.717) is 6.54 Å². The summed E-state index contributed by atoms with van der Waals surface area (Å²) in [4.78, 5) is 24.5. The van der Waals surface area contributed by atoms with Crippen LogP contribution in [0.4, 0.5) is 0 Å². The van der Waals surface area contributed by atoms with E-state index in [4.69, 9.17) is 4.74 Å². The van der Waals surface area contributed by atoms with Crippen molar-refractivity contribution in [2.24, 2.45) is 5.41 Å². The van der Waals surface area contributed by atoms with E-state index in [2.05, 4.69) is 13.8 Å². The molecular formula is C11H17NO3. The Bertz CT molecular complexity index is 311. The lowest BCUT2D eigenvalue weighted by molar-refractivity contribution is -0.157. The van der Waals surface area contributed by atoms with E-state index in [1.54, 1.807) is 12.0 Å². The fourth-order valence-corrected chi connectivity index (χ4v) is 2.68. The van der Waals surface area contributed by atoms with Crippen molar-refractivity contribution in [3.05, 3.63) is 0 Å². The second-order valence-corrected chi connectivity index (χ2v) is 5.03. The molecule has 4 heteroatoms. The van der Waals surface area contributed by atoms with Crippen LogP contribution in [0.3, 0.4) is 0 Å². The van der Waals surface area contributed by atoms with Crippen LogP contribution in [-0.2, 0) is 14.3 Å². The minimum Gasteiger partial charge on any atom is -0.381 e. The molecule has 4 nitrogen and oxygen atoms in total.